The van der Waals surface area contributed by atoms with Crippen molar-refractivity contribution in [2.75, 3.05) is 40.5 Å². The predicted octanol–water partition coefficient (Wildman–Crippen LogP) is 3.42. The van der Waals surface area contributed by atoms with Crippen LogP contribution in [0.5, 0.6) is 17.2 Å². The van der Waals surface area contributed by atoms with E-state index in [0.717, 1.165) is 0 Å². The third-order valence-corrected chi connectivity index (χ3v) is 8.34. The van der Waals surface area contributed by atoms with Gasteiger partial charge in [-0.1, -0.05) is 12.1 Å². The van der Waals surface area contributed by atoms with Gasteiger partial charge in [-0.15, -0.1) is 0 Å². The van der Waals surface area contributed by atoms with E-state index in [1.807, 2.05) is 42.5 Å². The minimum atomic E-state index is -1.28. The number of furan rings is 1. The van der Waals surface area contributed by atoms with Crippen LogP contribution in [0.2, 0.25) is 0 Å². The Morgan fingerprint density at radius 2 is 1.89 bits per heavy atom. The van der Waals surface area contributed by atoms with E-state index in [1.165, 1.54) is 25.2 Å². The second kappa shape index (κ2) is 16.5. The van der Waals surface area contributed by atoms with Crippen molar-refractivity contribution >= 4 is 45.4 Å². The zero-order valence-electron chi connectivity index (χ0n) is 26.3. The van der Waals surface area contributed by atoms with Gasteiger partial charge in [0.25, 0.3) is 5.91 Å². The molecule has 0 spiro atoms. The number of rotatable bonds is 15. The lowest BCUT2D eigenvalue weighted by Crippen LogP contribution is -2.55. The second-order valence-electron chi connectivity index (χ2n) is 11.0. The summed E-state index contributed by atoms with van der Waals surface area (Å²) in [6.45, 7) is 3.95. The third-order valence-electron chi connectivity index (χ3n) is 7.53. The standard InChI is InChI=1S/C33H41IN2O10/c1-19(2)44-12-6-10-36(33(41)28-16-21-7-5-8-25(42-3)30(21)46-28)24-15-22(32(40)35-9-11-37)17-26(29(24)39)45-31-23(34)13-20(18-38)14-27(31)43-4/h5,7-8,13-14,16-17,19,24,26,29,37-39H,6,9-12,15,18H2,1-4H3,(H,35,40). The Morgan fingerprint density at radius 3 is 2.57 bits per heavy atom. The van der Waals surface area contributed by atoms with E-state index in [1.54, 1.807) is 30.3 Å². The van der Waals surface area contributed by atoms with Crippen molar-refractivity contribution < 1.29 is 48.3 Å². The quantitative estimate of drug-likeness (QED) is 0.134. The van der Waals surface area contributed by atoms with E-state index in [4.69, 9.17) is 23.4 Å². The summed E-state index contributed by atoms with van der Waals surface area (Å²) in [6.07, 6.45) is -0.373. The first kappa shape index (κ1) is 35.5. The molecule has 3 aromatic rings. The van der Waals surface area contributed by atoms with Crippen LogP contribution in [0, 0.1) is 3.57 Å². The number of halogens is 1. The molecular formula is C33H41IN2O10. The van der Waals surface area contributed by atoms with Crippen LogP contribution < -0.4 is 19.5 Å². The van der Waals surface area contributed by atoms with Gasteiger partial charge < -0.3 is 48.9 Å². The number of hydrogen-bond donors (Lipinski definition) is 4. The fourth-order valence-electron chi connectivity index (χ4n) is 5.31. The average molecular weight is 753 g/mol. The number of amides is 2. The lowest BCUT2D eigenvalue weighted by Gasteiger charge is -2.40. The van der Waals surface area contributed by atoms with Crippen LogP contribution in [0.3, 0.4) is 0 Å². The highest BCUT2D eigenvalue weighted by atomic mass is 127. The third kappa shape index (κ3) is 8.31. The van der Waals surface area contributed by atoms with Crippen molar-refractivity contribution in [3.8, 4) is 17.2 Å². The van der Waals surface area contributed by atoms with Gasteiger partial charge in [-0.25, -0.2) is 0 Å². The van der Waals surface area contributed by atoms with Crippen LogP contribution in [0.1, 0.15) is 42.8 Å². The Labute approximate surface area is 281 Å². The maximum atomic E-state index is 14.2. The Kier molecular flexibility index (Phi) is 12.7. The Morgan fingerprint density at radius 1 is 1.13 bits per heavy atom. The summed E-state index contributed by atoms with van der Waals surface area (Å²) in [5, 5.41) is 34.2. The normalized spacial score (nSPS) is 17.9. The minimum Gasteiger partial charge on any atom is -0.493 e. The van der Waals surface area contributed by atoms with Gasteiger partial charge in [-0.05, 0) is 78.8 Å². The molecule has 1 aromatic heterocycles. The molecular weight excluding hydrogens is 711 g/mol. The monoisotopic (exact) mass is 752 g/mol. The second-order valence-corrected chi connectivity index (χ2v) is 12.2. The van der Waals surface area contributed by atoms with Crippen LogP contribution in [-0.4, -0.2) is 96.9 Å². The molecule has 0 saturated carbocycles. The molecule has 3 unspecified atom stereocenters. The van der Waals surface area contributed by atoms with Gasteiger partial charge >= 0.3 is 0 Å². The minimum absolute atomic E-state index is 0.00975. The van der Waals surface area contributed by atoms with Crippen molar-refractivity contribution in [1.82, 2.24) is 10.2 Å². The molecule has 0 bridgehead atoms. The van der Waals surface area contributed by atoms with Crippen molar-refractivity contribution in [3.63, 3.8) is 0 Å². The van der Waals surface area contributed by atoms with Crippen LogP contribution in [0.25, 0.3) is 11.0 Å². The number of aliphatic hydroxyl groups is 3. The number of nitrogens with one attached hydrogen (secondary N) is 1. The molecule has 46 heavy (non-hydrogen) atoms. The molecule has 4 rings (SSSR count). The van der Waals surface area contributed by atoms with Gasteiger partial charge in [0.05, 0.1) is 43.1 Å². The predicted molar refractivity (Wildman–Crippen MR) is 178 cm³/mol. The number of para-hydroxylation sites is 1. The Bertz CT molecular complexity index is 1540. The summed E-state index contributed by atoms with van der Waals surface area (Å²) in [5.74, 6) is 0.221. The van der Waals surface area contributed by atoms with Crippen LogP contribution in [0.4, 0.5) is 0 Å². The summed E-state index contributed by atoms with van der Waals surface area (Å²) >= 11 is 2.05. The number of carbonyl (C=O) groups excluding carboxylic acids is 2. The summed E-state index contributed by atoms with van der Waals surface area (Å²) < 4.78 is 29.6. The van der Waals surface area contributed by atoms with Crippen molar-refractivity contribution in [3.05, 3.63) is 62.9 Å². The van der Waals surface area contributed by atoms with E-state index in [-0.39, 0.29) is 50.2 Å². The zero-order chi connectivity index (χ0) is 33.4. The molecule has 0 saturated heterocycles. The molecule has 1 heterocycles. The first-order chi connectivity index (χ1) is 22.1. The highest BCUT2D eigenvalue weighted by Crippen LogP contribution is 2.38. The molecule has 12 nitrogen and oxygen atoms in total. The van der Waals surface area contributed by atoms with Crippen molar-refractivity contribution in [2.24, 2.45) is 0 Å². The molecule has 2 amide bonds. The summed E-state index contributed by atoms with van der Waals surface area (Å²) in [6, 6.07) is 9.41. The van der Waals surface area contributed by atoms with E-state index in [0.29, 0.717) is 50.4 Å². The SMILES string of the molecule is COc1cc(CO)cc(I)c1OC1C=C(C(=O)NCCO)CC(N(CCCOC(C)C)C(=O)c2cc3cccc(OC)c3o2)C1O. The number of aliphatic hydroxyl groups excluding tert-OH is 3. The van der Waals surface area contributed by atoms with Gasteiger partial charge in [-0.3, -0.25) is 9.59 Å². The van der Waals surface area contributed by atoms with E-state index >= 15 is 0 Å². The molecule has 3 atom stereocenters. The first-order valence-corrected chi connectivity index (χ1v) is 16.1. The number of nitrogens with zero attached hydrogens (tertiary/aromatic N) is 1. The molecule has 0 radical (unpaired) electrons. The maximum Gasteiger partial charge on any atom is 0.289 e. The molecule has 0 fully saturated rings. The number of ether oxygens (including phenoxy) is 4. The molecule has 2 aromatic carbocycles. The average Bonchev–Trinajstić information content (AvgIpc) is 3.50. The van der Waals surface area contributed by atoms with Crippen LogP contribution in [0.15, 0.2) is 52.5 Å². The van der Waals surface area contributed by atoms with Crippen LogP contribution >= 0.6 is 22.6 Å². The van der Waals surface area contributed by atoms with Gasteiger partial charge in [0, 0.05) is 37.1 Å². The molecule has 1 aliphatic rings. The Balaban J connectivity index is 1.74. The zero-order valence-corrected chi connectivity index (χ0v) is 28.5. The number of fused-ring (bicyclic) bond motifs is 1. The summed E-state index contributed by atoms with van der Waals surface area (Å²) in [4.78, 5) is 29.0. The van der Waals surface area contributed by atoms with E-state index in [9.17, 15) is 24.9 Å². The molecule has 13 heteroatoms. The highest BCUT2D eigenvalue weighted by Gasteiger charge is 2.41. The van der Waals surface area contributed by atoms with Gasteiger partial charge in [0.1, 0.15) is 12.2 Å². The topological polar surface area (TPSA) is 160 Å². The van der Waals surface area contributed by atoms with Crippen LogP contribution in [-0.2, 0) is 16.1 Å². The van der Waals surface area contributed by atoms with Gasteiger partial charge in [0.15, 0.2) is 28.6 Å². The highest BCUT2D eigenvalue weighted by molar-refractivity contribution is 14.1. The smallest absolute Gasteiger partial charge is 0.289 e. The van der Waals surface area contributed by atoms with Gasteiger partial charge in [0.2, 0.25) is 5.91 Å². The first-order valence-electron chi connectivity index (χ1n) is 15.0. The number of methoxy groups -OCH3 is 2. The fourth-order valence-corrected chi connectivity index (χ4v) is 6.10. The van der Waals surface area contributed by atoms with Crippen molar-refractivity contribution in [2.45, 2.75) is 57.6 Å². The Hall–Kier alpha value is -3.37. The van der Waals surface area contributed by atoms with E-state index in [2.05, 4.69) is 5.32 Å². The molecule has 250 valence electrons. The summed E-state index contributed by atoms with van der Waals surface area (Å²) in [5.41, 5.74) is 1.30. The fraction of sp³-hybridized carbons (Fsp3) is 0.455. The largest absolute Gasteiger partial charge is 0.493 e. The lowest BCUT2D eigenvalue weighted by molar-refractivity contribution is -0.118. The number of benzene rings is 2. The number of carbonyl (C=O) groups is 2. The van der Waals surface area contributed by atoms with E-state index < -0.39 is 30.1 Å². The maximum absolute atomic E-state index is 14.2. The lowest BCUT2D eigenvalue weighted by atomic mass is 9.88. The van der Waals surface area contributed by atoms with Gasteiger partial charge in [-0.2, -0.15) is 0 Å². The summed E-state index contributed by atoms with van der Waals surface area (Å²) in [7, 11) is 2.98. The number of hydrogen-bond acceptors (Lipinski definition) is 10. The van der Waals surface area contributed by atoms with Crippen molar-refractivity contribution in [1.29, 1.82) is 0 Å². The molecule has 4 N–H and O–H groups in total. The molecule has 0 aliphatic heterocycles. The molecule has 1 aliphatic carbocycles.